The van der Waals surface area contributed by atoms with E-state index in [1.807, 2.05) is 6.07 Å². The summed E-state index contributed by atoms with van der Waals surface area (Å²) in [4.78, 5) is 6.93. The molecule has 2 aliphatic rings. The van der Waals surface area contributed by atoms with Crippen molar-refractivity contribution in [1.29, 1.82) is 0 Å². The fraction of sp³-hybridized carbons (Fsp3) is 0.706. The van der Waals surface area contributed by atoms with E-state index in [-0.39, 0.29) is 11.9 Å². The van der Waals surface area contributed by atoms with E-state index >= 15 is 0 Å². The molecule has 1 aromatic rings. The van der Waals surface area contributed by atoms with Gasteiger partial charge in [0.15, 0.2) is 0 Å². The molecule has 4 heteroatoms. The maximum atomic E-state index is 13.0. The molecule has 2 saturated carbocycles. The van der Waals surface area contributed by atoms with Gasteiger partial charge in [-0.2, -0.15) is 0 Å². The molecule has 1 aromatic heterocycles. The van der Waals surface area contributed by atoms with Crippen LogP contribution in [0.25, 0.3) is 0 Å². The molecule has 0 radical (unpaired) electrons. The van der Waals surface area contributed by atoms with Crippen LogP contribution in [0, 0.1) is 11.7 Å². The Kier molecular flexibility index (Phi) is 4.86. The molecular weight excluding hydrogens is 265 g/mol. The molecule has 1 unspecified atom stereocenters. The molecule has 0 aromatic carbocycles. The van der Waals surface area contributed by atoms with Crippen molar-refractivity contribution in [3.63, 3.8) is 0 Å². The van der Waals surface area contributed by atoms with E-state index in [0.29, 0.717) is 0 Å². The van der Waals surface area contributed by atoms with Crippen molar-refractivity contribution in [2.24, 2.45) is 5.92 Å². The summed E-state index contributed by atoms with van der Waals surface area (Å²) >= 11 is 0. The summed E-state index contributed by atoms with van der Waals surface area (Å²) in [6, 6.07) is 4.38. The van der Waals surface area contributed by atoms with E-state index in [1.165, 1.54) is 44.5 Å². The third kappa shape index (κ3) is 4.48. The molecule has 0 spiro atoms. The standard InChI is InChI=1S/C17H26FN3/c1-2-19-17(16-8-5-14(18)11-20-16)9-10-21(15-6-7-15)12-13-3-4-13/h5,8,11,13,15,17,19H,2-4,6-7,9-10,12H2,1H3. The van der Waals surface area contributed by atoms with Gasteiger partial charge in [0.05, 0.1) is 17.9 Å². The Bertz CT molecular complexity index is 440. The summed E-state index contributed by atoms with van der Waals surface area (Å²) < 4.78 is 13.0. The molecule has 1 N–H and O–H groups in total. The molecule has 0 amide bonds. The van der Waals surface area contributed by atoms with Crippen LogP contribution in [0.5, 0.6) is 0 Å². The topological polar surface area (TPSA) is 28.2 Å². The number of pyridine rings is 1. The zero-order chi connectivity index (χ0) is 14.7. The lowest BCUT2D eigenvalue weighted by molar-refractivity contribution is 0.237. The predicted octanol–water partition coefficient (Wildman–Crippen LogP) is 3.14. The average Bonchev–Trinajstić information content (AvgIpc) is 3.37. The molecule has 0 saturated heterocycles. The number of aromatic nitrogens is 1. The summed E-state index contributed by atoms with van der Waals surface area (Å²) in [5.41, 5.74) is 0.959. The third-order valence-corrected chi connectivity index (χ3v) is 4.52. The van der Waals surface area contributed by atoms with Crippen LogP contribution in [0.3, 0.4) is 0 Å². The Labute approximate surface area is 126 Å². The fourth-order valence-corrected chi connectivity index (χ4v) is 2.98. The average molecular weight is 291 g/mol. The van der Waals surface area contributed by atoms with Gasteiger partial charge in [-0.25, -0.2) is 4.39 Å². The van der Waals surface area contributed by atoms with Crippen molar-refractivity contribution in [1.82, 2.24) is 15.2 Å². The Balaban J connectivity index is 1.56. The van der Waals surface area contributed by atoms with Gasteiger partial charge in [0, 0.05) is 19.1 Å². The number of hydrogen-bond donors (Lipinski definition) is 1. The van der Waals surface area contributed by atoms with E-state index in [0.717, 1.165) is 37.2 Å². The Hall–Kier alpha value is -1.00. The molecule has 0 aliphatic heterocycles. The van der Waals surface area contributed by atoms with Gasteiger partial charge >= 0.3 is 0 Å². The Morgan fingerprint density at radius 2 is 2.14 bits per heavy atom. The molecule has 3 nitrogen and oxygen atoms in total. The second kappa shape index (κ2) is 6.84. The first kappa shape index (κ1) is 14.9. The summed E-state index contributed by atoms with van der Waals surface area (Å²) in [6.45, 7) is 5.42. The lowest BCUT2D eigenvalue weighted by Crippen LogP contribution is -2.33. The van der Waals surface area contributed by atoms with Crippen LogP contribution in [0.2, 0.25) is 0 Å². The first-order chi connectivity index (χ1) is 10.3. The minimum atomic E-state index is -0.262. The quantitative estimate of drug-likeness (QED) is 0.757. The number of rotatable bonds is 9. The monoisotopic (exact) mass is 291 g/mol. The van der Waals surface area contributed by atoms with Crippen molar-refractivity contribution in [3.05, 3.63) is 29.8 Å². The Morgan fingerprint density at radius 1 is 1.33 bits per heavy atom. The maximum Gasteiger partial charge on any atom is 0.141 e. The summed E-state index contributed by atoms with van der Waals surface area (Å²) in [6.07, 6.45) is 7.94. The van der Waals surface area contributed by atoms with E-state index in [1.54, 1.807) is 0 Å². The lowest BCUT2D eigenvalue weighted by Gasteiger charge is -2.25. The lowest BCUT2D eigenvalue weighted by atomic mass is 10.1. The highest BCUT2D eigenvalue weighted by atomic mass is 19.1. The minimum absolute atomic E-state index is 0.232. The van der Waals surface area contributed by atoms with Crippen LogP contribution in [-0.4, -0.2) is 35.6 Å². The van der Waals surface area contributed by atoms with E-state index in [9.17, 15) is 4.39 Å². The van der Waals surface area contributed by atoms with Crippen LogP contribution in [0.4, 0.5) is 4.39 Å². The number of hydrogen-bond acceptors (Lipinski definition) is 3. The molecule has 2 fully saturated rings. The first-order valence-electron chi connectivity index (χ1n) is 8.35. The van der Waals surface area contributed by atoms with Gasteiger partial charge in [-0.1, -0.05) is 6.92 Å². The van der Waals surface area contributed by atoms with Crippen molar-refractivity contribution >= 4 is 0 Å². The van der Waals surface area contributed by atoms with Gasteiger partial charge in [0.25, 0.3) is 0 Å². The van der Waals surface area contributed by atoms with E-state index in [4.69, 9.17) is 0 Å². The molecule has 1 heterocycles. The smallest absolute Gasteiger partial charge is 0.141 e. The van der Waals surface area contributed by atoms with E-state index < -0.39 is 0 Å². The molecule has 0 bridgehead atoms. The van der Waals surface area contributed by atoms with Crippen LogP contribution in [0.1, 0.15) is 50.8 Å². The molecule has 21 heavy (non-hydrogen) atoms. The van der Waals surface area contributed by atoms with Gasteiger partial charge in [0.1, 0.15) is 5.82 Å². The zero-order valence-corrected chi connectivity index (χ0v) is 12.9. The van der Waals surface area contributed by atoms with Crippen LogP contribution in [0.15, 0.2) is 18.3 Å². The summed E-state index contributed by atoms with van der Waals surface area (Å²) in [7, 11) is 0. The van der Waals surface area contributed by atoms with Crippen molar-refractivity contribution in [3.8, 4) is 0 Å². The number of nitrogens with zero attached hydrogens (tertiary/aromatic N) is 2. The number of nitrogens with one attached hydrogen (secondary N) is 1. The maximum absolute atomic E-state index is 13.0. The highest BCUT2D eigenvalue weighted by molar-refractivity contribution is 5.10. The minimum Gasteiger partial charge on any atom is -0.309 e. The summed E-state index contributed by atoms with van der Waals surface area (Å²) in [5.74, 6) is 0.689. The molecule has 1 atom stereocenters. The molecule has 116 valence electrons. The van der Waals surface area contributed by atoms with Gasteiger partial charge < -0.3 is 10.2 Å². The largest absolute Gasteiger partial charge is 0.309 e. The van der Waals surface area contributed by atoms with Crippen LogP contribution >= 0.6 is 0 Å². The van der Waals surface area contributed by atoms with Gasteiger partial charge in [0.2, 0.25) is 0 Å². The van der Waals surface area contributed by atoms with E-state index in [2.05, 4.69) is 22.1 Å². The molecule has 2 aliphatic carbocycles. The van der Waals surface area contributed by atoms with Crippen LogP contribution < -0.4 is 5.32 Å². The fourth-order valence-electron chi connectivity index (χ4n) is 2.98. The van der Waals surface area contributed by atoms with Gasteiger partial charge in [-0.05, 0) is 56.7 Å². The van der Waals surface area contributed by atoms with Crippen molar-refractivity contribution in [2.45, 2.75) is 51.1 Å². The van der Waals surface area contributed by atoms with Crippen molar-refractivity contribution in [2.75, 3.05) is 19.6 Å². The summed E-state index contributed by atoms with van der Waals surface area (Å²) in [5, 5.41) is 3.49. The second-order valence-corrected chi connectivity index (χ2v) is 6.47. The van der Waals surface area contributed by atoms with Crippen molar-refractivity contribution < 1.29 is 4.39 Å². The normalized spacial score (nSPS) is 20.0. The SMILES string of the molecule is CCNC(CCN(CC1CC1)C1CC1)c1ccc(F)cn1. The number of halogens is 1. The third-order valence-electron chi connectivity index (χ3n) is 4.52. The Morgan fingerprint density at radius 3 is 2.71 bits per heavy atom. The highest BCUT2D eigenvalue weighted by Crippen LogP contribution is 2.35. The zero-order valence-electron chi connectivity index (χ0n) is 12.9. The molecular formula is C17H26FN3. The predicted molar refractivity (Wildman–Crippen MR) is 82.5 cm³/mol. The first-order valence-corrected chi connectivity index (χ1v) is 8.35. The van der Waals surface area contributed by atoms with Gasteiger partial charge in [-0.3, -0.25) is 4.98 Å². The second-order valence-electron chi connectivity index (χ2n) is 6.47. The molecule has 3 rings (SSSR count). The van der Waals surface area contributed by atoms with Crippen LogP contribution in [-0.2, 0) is 0 Å². The van der Waals surface area contributed by atoms with Gasteiger partial charge in [-0.15, -0.1) is 0 Å². The highest BCUT2D eigenvalue weighted by Gasteiger charge is 2.33.